The van der Waals surface area contributed by atoms with Gasteiger partial charge in [0, 0.05) is 18.5 Å². The van der Waals surface area contributed by atoms with Crippen LogP contribution < -0.4 is 15.5 Å². The van der Waals surface area contributed by atoms with Gasteiger partial charge in [0.25, 0.3) is 5.91 Å². The van der Waals surface area contributed by atoms with Crippen LogP contribution in [0.3, 0.4) is 0 Å². The van der Waals surface area contributed by atoms with Crippen LogP contribution >= 0.6 is 11.3 Å². The molecule has 1 aliphatic heterocycles. The van der Waals surface area contributed by atoms with Crippen molar-refractivity contribution in [1.82, 2.24) is 15.0 Å². The smallest absolute Gasteiger partial charge is 0.293 e. The Morgan fingerprint density at radius 1 is 1.00 bits per heavy atom. The van der Waals surface area contributed by atoms with E-state index < -0.39 is 0 Å². The van der Waals surface area contributed by atoms with Crippen LogP contribution in [0.2, 0.25) is 0 Å². The number of furan rings is 1. The zero-order chi connectivity index (χ0) is 21.9. The van der Waals surface area contributed by atoms with Crippen LogP contribution in [0.15, 0.2) is 52.5 Å². The fourth-order valence-corrected chi connectivity index (χ4v) is 4.28. The van der Waals surface area contributed by atoms with Gasteiger partial charge in [-0.15, -0.1) is 11.3 Å². The van der Waals surface area contributed by atoms with Crippen molar-refractivity contribution in [1.29, 1.82) is 0 Å². The van der Waals surface area contributed by atoms with E-state index >= 15 is 0 Å². The van der Waals surface area contributed by atoms with Crippen LogP contribution in [0.25, 0.3) is 11.0 Å². The molecule has 0 spiro atoms. The Morgan fingerprint density at radius 3 is 2.53 bits per heavy atom. The molecule has 10 heteroatoms. The van der Waals surface area contributed by atoms with Crippen LogP contribution in [0.4, 0.5) is 16.8 Å². The SMILES string of the molecule is O=C(Cc1csc(NC(=O)c2ccco2)n1)Nc1nc2ccccc2nc1N1CCCC1. The highest BCUT2D eigenvalue weighted by Crippen LogP contribution is 2.28. The predicted molar refractivity (Wildman–Crippen MR) is 122 cm³/mol. The molecule has 4 aromatic rings. The molecule has 1 aromatic carbocycles. The molecular weight excluding hydrogens is 428 g/mol. The second-order valence-electron chi connectivity index (χ2n) is 7.38. The Hall–Kier alpha value is -3.79. The van der Waals surface area contributed by atoms with Crippen molar-refractivity contribution in [2.75, 3.05) is 28.6 Å². The van der Waals surface area contributed by atoms with Crippen LogP contribution in [0.5, 0.6) is 0 Å². The van der Waals surface area contributed by atoms with Crippen molar-refractivity contribution in [3.8, 4) is 0 Å². The van der Waals surface area contributed by atoms with Gasteiger partial charge in [-0.1, -0.05) is 12.1 Å². The molecule has 162 valence electrons. The van der Waals surface area contributed by atoms with Crippen LogP contribution in [-0.4, -0.2) is 39.9 Å². The molecule has 4 heterocycles. The lowest BCUT2D eigenvalue weighted by molar-refractivity contribution is -0.115. The summed E-state index contributed by atoms with van der Waals surface area (Å²) >= 11 is 1.25. The molecule has 9 nitrogen and oxygen atoms in total. The van der Waals surface area contributed by atoms with Gasteiger partial charge in [0.15, 0.2) is 22.5 Å². The average Bonchev–Trinajstić information content (AvgIpc) is 3.56. The number of fused-ring (bicyclic) bond motifs is 1. The summed E-state index contributed by atoms with van der Waals surface area (Å²) in [7, 11) is 0. The zero-order valence-electron chi connectivity index (χ0n) is 17.1. The molecule has 0 saturated carbocycles. The number of para-hydroxylation sites is 2. The number of rotatable bonds is 6. The number of nitrogens with one attached hydrogen (secondary N) is 2. The van der Waals surface area contributed by atoms with Crippen molar-refractivity contribution in [2.24, 2.45) is 0 Å². The normalized spacial score (nSPS) is 13.4. The molecule has 32 heavy (non-hydrogen) atoms. The lowest BCUT2D eigenvalue weighted by Crippen LogP contribution is -2.24. The molecule has 3 aromatic heterocycles. The molecule has 5 rings (SSSR count). The molecule has 0 aliphatic carbocycles. The fourth-order valence-electron chi connectivity index (χ4n) is 3.58. The molecule has 1 aliphatic rings. The van der Waals surface area contributed by atoms with Gasteiger partial charge in [-0.05, 0) is 37.1 Å². The van der Waals surface area contributed by atoms with Crippen molar-refractivity contribution < 1.29 is 14.0 Å². The Kier molecular flexibility index (Phi) is 5.51. The topological polar surface area (TPSA) is 113 Å². The van der Waals surface area contributed by atoms with Gasteiger partial charge < -0.3 is 14.6 Å². The summed E-state index contributed by atoms with van der Waals surface area (Å²) in [6, 6.07) is 10.8. The van der Waals surface area contributed by atoms with Crippen molar-refractivity contribution in [3.63, 3.8) is 0 Å². The van der Waals surface area contributed by atoms with E-state index in [-0.39, 0.29) is 24.0 Å². The summed E-state index contributed by atoms with van der Waals surface area (Å²) in [5.41, 5.74) is 2.07. The first kappa shape index (κ1) is 20.1. The number of aromatic nitrogens is 3. The lowest BCUT2D eigenvalue weighted by Gasteiger charge is -2.20. The minimum Gasteiger partial charge on any atom is -0.459 e. The third-order valence-electron chi connectivity index (χ3n) is 5.07. The van der Waals surface area contributed by atoms with E-state index in [1.807, 2.05) is 24.3 Å². The van der Waals surface area contributed by atoms with Crippen molar-refractivity contribution in [2.45, 2.75) is 19.3 Å². The monoisotopic (exact) mass is 448 g/mol. The number of benzene rings is 1. The lowest BCUT2D eigenvalue weighted by atomic mass is 10.3. The van der Waals surface area contributed by atoms with Gasteiger partial charge in [-0.3, -0.25) is 14.9 Å². The number of hydrogen-bond acceptors (Lipinski definition) is 8. The van der Waals surface area contributed by atoms with E-state index in [2.05, 4.69) is 25.5 Å². The molecule has 2 N–H and O–H groups in total. The zero-order valence-corrected chi connectivity index (χ0v) is 17.9. The standard InChI is InChI=1S/C22H20N6O3S/c29-18(12-14-13-32-22(23-14)27-21(30)17-8-5-11-31-17)26-19-20(28-9-3-4-10-28)25-16-7-2-1-6-15(16)24-19/h1-2,5-8,11,13H,3-4,9-10,12H2,(H,23,27,30)(H,24,26,29). The van der Waals surface area contributed by atoms with Gasteiger partial charge in [-0.2, -0.15) is 0 Å². The van der Waals surface area contributed by atoms with Crippen LogP contribution in [-0.2, 0) is 11.2 Å². The fraction of sp³-hybridized carbons (Fsp3) is 0.227. The van der Waals surface area contributed by atoms with E-state index in [0.717, 1.165) is 37.0 Å². The van der Waals surface area contributed by atoms with Crippen molar-refractivity contribution in [3.05, 3.63) is 59.5 Å². The molecule has 0 radical (unpaired) electrons. The molecule has 1 saturated heterocycles. The first-order valence-electron chi connectivity index (χ1n) is 10.3. The van der Waals surface area contributed by atoms with Gasteiger partial charge in [-0.25, -0.2) is 15.0 Å². The first-order valence-corrected chi connectivity index (χ1v) is 11.1. The van der Waals surface area contributed by atoms with Crippen LogP contribution in [0.1, 0.15) is 29.1 Å². The number of carbonyl (C=O) groups excluding carboxylic acids is 2. The minimum atomic E-state index is -0.387. The number of anilines is 3. The highest BCUT2D eigenvalue weighted by molar-refractivity contribution is 7.14. The van der Waals surface area contributed by atoms with E-state index in [0.29, 0.717) is 22.5 Å². The second-order valence-corrected chi connectivity index (χ2v) is 8.24. The molecular formula is C22H20N6O3S. The molecule has 0 unspecified atom stereocenters. The third-order valence-corrected chi connectivity index (χ3v) is 5.88. The van der Waals surface area contributed by atoms with Gasteiger partial charge >= 0.3 is 0 Å². The van der Waals surface area contributed by atoms with Gasteiger partial charge in [0.1, 0.15) is 0 Å². The summed E-state index contributed by atoms with van der Waals surface area (Å²) in [5, 5.41) is 7.72. The Morgan fingerprint density at radius 2 is 1.78 bits per heavy atom. The Labute approximate surface area is 187 Å². The number of hydrogen-bond donors (Lipinski definition) is 2. The molecule has 0 bridgehead atoms. The summed E-state index contributed by atoms with van der Waals surface area (Å²) in [6.07, 6.45) is 3.67. The van der Waals surface area contributed by atoms with Gasteiger partial charge in [0.2, 0.25) is 5.91 Å². The number of nitrogens with zero attached hydrogens (tertiary/aromatic N) is 4. The summed E-state index contributed by atoms with van der Waals surface area (Å²) in [4.78, 5) is 40.7. The second kappa shape index (κ2) is 8.75. The molecule has 2 amide bonds. The van der Waals surface area contributed by atoms with E-state index in [4.69, 9.17) is 9.40 Å². The Bertz CT molecular complexity index is 1260. The highest BCUT2D eigenvalue weighted by Gasteiger charge is 2.21. The van der Waals surface area contributed by atoms with Crippen LogP contribution in [0, 0.1) is 0 Å². The maximum atomic E-state index is 12.8. The quantitative estimate of drug-likeness (QED) is 0.462. The largest absolute Gasteiger partial charge is 0.459 e. The average molecular weight is 449 g/mol. The first-order chi connectivity index (χ1) is 15.7. The summed E-state index contributed by atoms with van der Waals surface area (Å²) in [6.45, 7) is 1.78. The Balaban J connectivity index is 1.30. The third kappa shape index (κ3) is 4.30. The van der Waals surface area contributed by atoms with E-state index in [1.165, 1.54) is 17.6 Å². The van der Waals surface area contributed by atoms with E-state index in [1.54, 1.807) is 17.5 Å². The maximum Gasteiger partial charge on any atom is 0.293 e. The highest BCUT2D eigenvalue weighted by atomic mass is 32.1. The molecule has 0 atom stereocenters. The number of carbonyl (C=O) groups is 2. The molecule has 1 fully saturated rings. The van der Waals surface area contributed by atoms with Crippen molar-refractivity contribution >= 4 is 51.0 Å². The summed E-state index contributed by atoms with van der Waals surface area (Å²) in [5.74, 6) is 0.714. The predicted octanol–water partition coefficient (Wildman–Crippen LogP) is 3.71. The van der Waals surface area contributed by atoms with E-state index in [9.17, 15) is 9.59 Å². The minimum absolute atomic E-state index is 0.0566. The number of thiazole rings is 1. The summed E-state index contributed by atoms with van der Waals surface area (Å²) < 4.78 is 5.07. The van der Waals surface area contributed by atoms with Gasteiger partial charge in [0.05, 0.1) is 29.4 Å². The maximum absolute atomic E-state index is 12.8. The number of amides is 2.